The zero-order valence-electron chi connectivity index (χ0n) is 19.5. The number of carbonyl (C=O) groups is 1. The molecule has 2 amide bonds. The third-order valence-corrected chi connectivity index (χ3v) is 6.67. The van der Waals surface area contributed by atoms with E-state index in [2.05, 4.69) is 31.4 Å². The molecular formula is C22H34N4O5S. The molecule has 1 aliphatic rings. The van der Waals surface area contributed by atoms with Crippen LogP contribution in [0.2, 0.25) is 0 Å². The molecule has 0 radical (unpaired) electrons. The van der Waals surface area contributed by atoms with Crippen LogP contribution in [0.3, 0.4) is 0 Å². The van der Waals surface area contributed by atoms with Gasteiger partial charge in [-0.25, -0.2) is 17.8 Å². The van der Waals surface area contributed by atoms with E-state index in [1.807, 2.05) is 30.5 Å². The third kappa shape index (κ3) is 7.95. The number of nitrogens with one attached hydrogen (secondary N) is 2. The zero-order chi connectivity index (χ0) is 24.2. The first-order valence-corrected chi connectivity index (χ1v) is 12.3. The molecule has 0 bridgehead atoms. The van der Waals surface area contributed by atoms with E-state index in [4.69, 9.17) is 10.00 Å². The highest BCUT2D eigenvalue weighted by atomic mass is 32.2. The number of aromatic nitrogens is 1. The summed E-state index contributed by atoms with van der Waals surface area (Å²) in [6, 6.07) is 3.28. The van der Waals surface area contributed by atoms with Crippen LogP contribution in [0.4, 0.5) is 10.5 Å². The van der Waals surface area contributed by atoms with Gasteiger partial charge in [0.05, 0.1) is 15.8 Å². The molecule has 0 saturated heterocycles. The first-order chi connectivity index (χ1) is 14.7. The summed E-state index contributed by atoms with van der Waals surface area (Å²) >= 11 is 0. The second kappa shape index (κ2) is 10.0. The van der Waals surface area contributed by atoms with Crippen LogP contribution in [0, 0.1) is 36.2 Å². The Morgan fingerprint density at radius 2 is 1.91 bits per heavy atom. The monoisotopic (exact) mass is 466 g/mol. The average molecular weight is 467 g/mol. The van der Waals surface area contributed by atoms with Crippen molar-refractivity contribution in [1.82, 2.24) is 5.32 Å². The van der Waals surface area contributed by atoms with Gasteiger partial charge in [0.25, 0.3) is 6.26 Å². The Balaban J connectivity index is 2.02. The number of amides is 2. The number of anilines is 1. The molecule has 0 aromatic carbocycles. The molecule has 32 heavy (non-hydrogen) atoms. The molecule has 0 spiro atoms. The van der Waals surface area contributed by atoms with Gasteiger partial charge in [-0.3, -0.25) is 0 Å². The molecule has 1 fully saturated rings. The summed E-state index contributed by atoms with van der Waals surface area (Å²) in [4.78, 5) is 12.7. The van der Waals surface area contributed by atoms with Crippen LogP contribution >= 0.6 is 0 Å². The van der Waals surface area contributed by atoms with Gasteiger partial charge >= 0.3 is 6.03 Å². The molecule has 2 N–H and O–H groups in total. The number of aryl methyl sites for hydroxylation is 2. The van der Waals surface area contributed by atoms with Gasteiger partial charge in [-0.1, -0.05) is 20.8 Å². The quantitative estimate of drug-likeness (QED) is 0.343. The summed E-state index contributed by atoms with van der Waals surface area (Å²) in [7, 11) is -4.23. The maximum absolute atomic E-state index is 12.7. The van der Waals surface area contributed by atoms with Crippen LogP contribution in [-0.4, -0.2) is 37.4 Å². The minimum absolute atomic E-state index is 0.00674. The first-order valence-electron chi connectivity index (χ1n) is 10.8. The Morgan fingerprint density at radius 3 is 2.47 bits per heavy atom. The summed E-state index contributed by atoms with van der Waals surface area (Å²) in [5, 5.41) is 14.7. The topological polar surface area (TPSA) is 135 Å². The number of nitrogens with zero attached hydrogens (tertiary/aromatic N) is 2. The van der Waals surface area contributed by atoms with E-state index in [9.17, 15) is 17.8 Å². The van der Waals surface area contributed by atoms with Crippen molar-refractivity contribution in [3.63, 3.8) is 0 Å². The second-order valence-electron chi connectivity index (χ2n) is 10.0. The van der Waals surface area contributed by atoms with Crippen LogP contribution in [0.1, 0.15) is 57.8 Å². The van der Waals surface area contributed by atoms with E-state index in [1.165, 1.54) is 0 Å². The van der Waals surface area contributed by atoms with Gasteiger partial charge in [-0.2, -0.15) is 5.26 Å². The van der Waals surface area contributed by atoms with Crippen molar-refractivity contribution in [3.8, 4) is 6.26 Å². The SMILES string of the molecule is Cc1cc(NC(=O)NC2CC(C)(C)CC(C)(COC#N)C2)cc(C)[n+]1CCCS(=O)(=O)[O-]. The number of carbonyl (C=O) groups excluding carboxylic acids is 1. The highest BCUT2D eigenvalue weighted by Crippen LogP contribution is 2.46. The molecule has 9 nitrogen and oxygen atoms in total. The van der Waals surface area contributed by atoms with Crippen LogP contribution in [0.15, 0.2) is 12.1 Å². The molecule has 1 aliphatic carbocycles. The lowest BCUT2D eigenvalue weighted by atomic mass is 9.63. The van der Waals surface area contributed by atoms with Crippen molar-refractivity contribution < 1.29 is 27.1 Å². The second-order valence-corrected chi connectivity index (χ2v) is 11.6. The van der Waals surface area contributed by atoms with E-state index in [1.54, 1.807) is 6.26 Å². The summed E-state index contributed by atoms with van der Waals surface area (Å²) < 4.78 is 39.4. The van der Waals surface area contributed by atoms with Crippen molar-refractivity contribution in [3.05, 3.63) is 23.5 Å². The van der Waals surface area contributed by atoms with Gasteiger partial charge in [0.15, 0.2) is 11.4 Å². The van der Waals surface area contributed by atoms with E-state index >= 15 is 0 Å². The van der Waals surface area contributed by atoms with Gasteiger partial charge in [-0.05, 0) is 24.7 Å². The highest BCUT2D eigenvalue weighted by molar-refractivity contribution is 7.85. The Labute approximate surface area is 190 Å². The maximum atomic E-state index is 12.7. The van der Waals surface area contributed by atoms with E-state index in [-0.39, 0.29) is 29.3 Å². The predicted octanol–water partition coefficient (Wildman–Crippen LogP) is 2.73. The Bertz CT molecular complexity index is 964. The minimum atomic E-state index is -4.23. The van der Waals surface area contributed by atoms with Crippen molar-refractivity contribution in [1.29, 1.82) is 5.26 Å². The lowest BCUT2D eigenvalue weighted by Gasteiger charge is -2.46. The molecular weight excluding hydrogens is 432 g/mol. The van der Waals surface area contributed by atoms with Gasteiger partial charge in [0.1, 0.15) is 13.2 Å². The van der Waals surface area contributed by atoms with Crippen LogP contribution in [0.25, 0.3) is 0 Å². The van der Waals surface area contributed by atoms with Crippen molar-refractivity contribution in [2.75, 3.05) is 17.7 Å². The summed E-state index contributed by atoms with van der Waals surface area (Å²) in [5.41, 5.74) is 2.15. The lowest BCUT2D eigenvalue weighted by Crippen LogP contribution is -2.49. The molecule has 1 saturated carbocycles. The molecule has 0 aliphatic heterocycles. The standard InChI is InChI=1S/C22H34N4O5S/c1-16-9-18(10-17(2)26(16)7-6-8-32(28,29)30)24-20(27)25-19-11-21(3,4)13-22(5,12-19)14-31-15-23/h9-10,19H,6-8,11-14H2,1-5H3,(H2,25,27,28,29,30). The van der Waals surface area contributed by atoms with E-state index in [0.29, 0.717) is 18.8 Å². The fraction of sp³-hybridized carbons (Fsp3) is 0.682. The Hall–Kier alpha value is -2.38. The van der Waals surface area contributed by atoms with Gasteiger partial charge in [0, 0.05) is 49.6 Å². The van der Waals surface area contributed by atoms with Crippen LogP contribution in [0.5, 0.6) is 0 Å². The Morgan fingerprint density at radius 1 is 1.28 bits per heavy atom. The Kier molecular flexibility index (Phi) is 8.12. The molecule has 1 aromatic heterocycles. The molecule has 2 unspecified atom stereocenters. The third-order valence-electron chi connectivity index (χ3n) is 5.88. The number of ether oxygens (including phenoxy) is 1. The molecule has 2 rings (SSSR count). The first kappa shape index (κ1) is 25.9. The van der Waals surface area contributed by atoms with Crippen molar-refractivity contribution in [2.24, 2.45) is 10.8 Å². The number of urea groups is 1. The fourth-order valence-corrected chi connectivity index (χ4v) is 5.64. The normalized spacial score (nSPS) is 22.6. The molecule has 1 aromatic rings. The average Bonchev–Trinajstić information content (AvgIpc) is 2.59. The van der Waals surface area contributed by atoms with E-state index in [0.717, 1.165) is 30.7 Å². The number of nitriles is 1. The number of hydrogen-bond donors (Lipinski definition) is 2. The molecule has 2 atom stereocenters. The zero-order valence-corrected chi connectivity index (χ0v) is 20.3. The maximum Gasteiger partial charge on any atom is 0.319 e. The molecule has 10 heteroatoms. The van der Waals surface area contributed by atoms with Crippen LogP contribution in [-0.2, 0) is 21.4 Å². The fourth-order valence-electron chi connectivity index (χ4n) is 5.15. The number of hydrogen-bond acceptors (Lipinski definition) is 6. The predicted molar refractivity (Wildman–Crippen MR) is 119 cm³/mol. The lowest BCUT2D eigenvalue weighted by molar-refractivity contribution is -0.708. The summed E-state index contributed by atoms with van der Waals surface area (Å²) in [6.45, 7) is 10.9. The highest BCUT2D eigenvalue weighted by Gasteiger charge is 2.42. The number of pyridine rings is 1. The molecule has 1 heterocycles. The van der Waals surface area contributed by atoms with Gasteiger partial charge in [-0.15, -0.1) is 0 Å². The van der Waals surface area contributed by atoms with Gasteiger partial charge < -0.3 is 19.9 Å². The summed E-state index contributed by atoms with van der Waals surface area (Å²) in [5.74, 6) is -0.405. The number of rotatable bonds is 8. The van der Waals surface area contributed by atoms with Crippen molar-refractivity contribution in [2.45, 2.75) is 72.9 Å². The smallest absolute Gasteiger partial charge is 0.319 e. The largest absolute Gasteiger partial charge is 0.748 e. The molecule has 178 valence electrons. The van der Waals surface area contributed by atoms with E-state index < -0.39 is 15.9 Å². The van der Waals surface area contributed by atoms with Gasteiger partial charge in [0.2, 0.25) is 0 Å². The minimum Gasteiger partial charge on any atom is -0.748 e. The van der Waals surface area contributed by atoms with Crippen molar-refractivity contribution >= 4 is 21.8 Å². The summed E-state index contributed by atoms with van der Waals surface area (Å²) in [6.07, 6.45) is 4.44. The van der Waals surface area contributed by atoms with Crippen LogP contribution < -0.4 is 15.2 Å².